The zero-order chi connectivity index (χ0) is 32.2. The van der Waals surface area contributed by atoms with E-state index in [9.17, 15) is 14.9 Å². The summed E-state index contributed by atoms with van der Waals surface area (Å²) in [5.74, 6) is -0.135. The highest BCUT2D eigenvalue weighted by atomic mass is 35.5. The molecule has 4 aromatic rings. The molecule has 2 saturated heterocycles. The van der Waals surface area contributed by atoms with Crippen molar-refractivity contribution >= 4 is 57.4 Å². The predicted octanol–water partition coefficient (Wildman–Crippen LogP) is 7.22. The van der Waals surface area contributed by atoms with Gasteiger partial charge in [-0.1, -0.05) is 53.5 Å². The van der Waals surface area contributed by atoms with E-state index in [-0.39, 0.29) is 30.6 Å². The quantitative estimate of drug-likeness (QED) is 0.164. The van der Waals surface area contributed by atoms with Gasteiger partial charge < -0.3 is 19.3 Å². The minimum absolute atomic E-state index is 0.000708. The third kappa shape index (κ3) is 7.17. The molecule has 6 rings (SSSR count). The zero-order valence-corrected chi connectivity index (χ0v) is 27.7. The highest BCUT2D eigenvalue weighted by molar-refractivity contribution is 7.08. The molecule has 0 radical (unpaired) electrons. The summed E-state index contributed by atoms with van der Waals surface area (Å²) < 4.78 is 10.7. The van der Waals surface area contributed by atoms with Gasteiger partial charge in [0.25, 0.3) is 5.91 Å². The number of rotatable bonds is 10. The Morgan fingerprint density at radius 1 is 1.07 bits per heavy atom. The molecule has 238 valence electrons. The largest absolute Gasteiger partial charge is 0.508 e. The van der Waals surface area contributed by atoms with Crippen LogP contribution in [0.3, 0.4) is 0 Å². The summed E-state index contributed by atoms with van der Waals surface area (Å²) in [4.78, 5) is 32.2. The molecule has 3 atom stereocenters. The molecule has 0 N–H and O–H groups in total. The second kappa shape index (κ2) is 14.4. The van der Waals surface area contributed by atoms with Gasteiger partial charge in [0.1, 0.15) is 6.61 Å². The number of hydrogen-bond acceptors (Lipinski definition) is 8. The molecule has 1 unspecified atom stereocenters. The fraction of sp³-hybridized carbons (Fsp3) is 0.343. The number of cyclic esters (lactones) is 2. The molecule has 2 aliphatic rings. The molecule has 2 aliphatic heterocycles. The molecule has 3 aromatic carbocycles. The number of piperazine rings is 1. The number of thiophene rings is 1. The van der Waals surface area contributed by atoms with Gasteiger partial charge in [0, 0.05) is 51.3 Å². The number of ether oxygens (including phenoxy) is 2. The van der Waals surface area contributed by atoms with E-state index >= 15 is 0 Å². The van der Waals surface area contributed by atoms with Gasteiger partial charge in [-0.05, 0) is 76.0 Å². The monoisotopic (exact) mass is 676 g/mol. The lowest BCUT2D eigenvalue weighted by atomic mass is 9.94. The first kappa shape index (κ1) is 32.3. The van der Waals surface area contributed by atoms with Gasteiger partial charge in [-0.15, -0.1) is 0 Å². The van der Waals surface area contributed by atoms with Crippen molar-refractivity contribution in [3.63, 3.8) is 0 Å². The van der Waals surface area contributed by atoms with Crippen LogP contribution in [-0.4, -0.2) is 85.8 Å². The molecule has 11 heteroatoms. The Balaban J connectivity index is 1.15. The van der Waals surface area contributed by atoms with Crippen LogP contribution in [0.5, 0.6) is 0 Å². The Morgan fingerprint density at radius 2 is 1.87 bits per heavy atom. The molecule has 0 spiro atoms. The van der Waals surface area contributed by atoms with Gasteiger partial charge >= 0.3 is 6.16 Å². The van der Waals surface area contributed by atoms with E-state index in [1.807, 2.05) is 48.8 Å². The van der Waals surface area contributed by atoms with Crippen LogP contribution in [0.4, 0.5) is 4.79 Å². The lowest BCUT2D eigenvalue weighted by Gasteiger charge is -2.40. The summed E-state index contributed by atoms with van der Waals surface area (Å²) in [5, 5.41) is 16.4. The zero-order valence-electron chi connectivity index (χ0n) is 25.4. The van der Waals surface area contributed by atoms with E-state index in [4.69, 9.17) is 32.7 Å². The van der Waals surface area contributed by atoms with Crippen molar-refractivity contribution in [3.8, 4) is 6.07 Å². The second-order valence-electron chi connectivity index (χ2n) is 11.8. The van der Waals surface area contributed by atoms with Gasteiger partial charge in [-0.3, -0.25) is 9.69 Å². The number of amides is 1. The standard InChI is InChI=1S/C35H34Cl2N4O4S/c1-39(34(42)29-17-23(19-38)16-25-4-2-3-5-28(25)29)20-26(24-6-7-30(36)31(37)18-24)8-10-40-11-13-41(14-12-40)33(27-9-15-46-22-27)32-21-44-35(43)45-32/h2-7,9,15-18,22,26,32-33H,8,10-14,20-21H2,1H3/t26-,32-,33?/m1/s1. The normalized spacial score (nSPS) is 18.5. The molecule has 2 fully saturated rings. The highest BCUT2D eigenvalue weighted by Crippen LogP contribution is 2.33. The number of nitriles is 1. The maximum atomic E-state index is 13.9. The first-order valence-electron chi connectivity index (χ1n) is 15.3. The molecule has 3 heterocycles. The van der Waals surface area contributed by atoms with Gasteiger partial charge in [-0.25, -0.2) is 4.79 Å². The lowest BCUT2D eigenvalue weighted by Crippen LogP contribution is -2.50. The smallest absolute Gasteiger partial charge is 0.430 e. The number of likely N-dealkylation sites (N-methyl/N-ethyl adjacent to an activating group) is 1. The van der Waals surface area contributed by atoms with Crippen LogP contribution in [0.15, 0.2) is 71.4 Å². The van der Waals surface area contributed by atoms with Crippen LogP contribution >= 0.6 is 34.5 Å². The van der Waals surface area contributed by atoms with E-state index in [1.165, 1.54) is 0 Å². The molecule has 0 bridgehead atoms. The van der Waals surface area contributed by atoms with Gasteiger partial charge in [0.15, 0.2) is 6.10 Å². The minimum Gasteiger partial charge on any atom is -0.430 e. The fourth-order valence-corrected chi connectivity index (χ4v) is 7.50. The Morgan fingerprint density at radius 3 is 2.57 bits per heavy atom. The average molecular weight is 678 g/mol. The van der Waals surface area contributed by atoms with Gasteiger partial charge in [0.2, 0.25) is 0 Å². The summed E-state index contributed by atoms with van der Waals surface area (Å²) in [5.41, 5.74) is 3.13. The molecular formula is C35H34Cl2N4O4S. The number of carbonyl (C=O) groups is 2. The lowest BCUT2D eigenvalue weighted by molar-refractivity contribution is 0.0268. The molecule has 1 amide bonds. The number of carbonyl (C=O) groups excluding carboxylic acids is 2. The van der Waals surface area contributed by atoms with Crippen LogP contribution in [-0.2, 0) is 9.47 Å². The average Bonchev–Trinajstić information content (AvgIpc) is 3.76. The number of halogens is 2. The Hall–Kier alpha value is -3.65. The van der Waals surface area contributed by atoms with Crippen LogP contribution < -0.4 is 0 Å². The number of fused-ring (bicyclic) bond motifs is 1. The van der Waals surface area contributed by atoms with Crippen molar-refractivity contribution in [2.24, 2.45) is 0 Å². The third-order valence-electron chi connectivity index (χ3n) is 8.92. The van der Waals surface area contributed by atoms with E-state index in [0.717, 1.165) is 61.0 Å². The van der Waals surface area contributed by atoms with E-state index < -0.39 is 6.16 Å². The van der Waals surface area contributed by atoms with Gasteiger partial charge in [0.05, 0.1) is 27.7 Å². The van der Waals surface area contributed by atoms with E-state index in [1.54, 1.807) is 34.4 Å². The van der Waals surface area contributed by atoms with E-state index in [2.05, 4.69) is 27.3 Å². The first-order valence-corrected chi connectivity index (χ1v) is 17.0. The van der Waals surface area contributed by atoms with Crippen molar-refractivity contribution in [1.82, 2.24) is 14.7 Å². The Kier molecular flexibility index (Phi) is 10.1. The Labute approximate surface area is 282 Å². The molecule has 0 aliphatic carbocycles. The van der Waals surface area contributed by atoms with Crippen molar-refractivity contribution in [2.45, 2.75) is 24.5 Å². The van der Waals surface area contributed by atoms with Crippen molar-refractivity contribution in [3.05, 3.63) is 104 Å². The summed E-state index contributed by atoms with van der Waals surface area (Å²) in [6.45, 7) is 4.93. The van der Waals surface area contributed by atoms with Crippen LogP contribution in [0, 0.1) is 11.3 Å². The summed E-state index contributed by atoms with van der Waals surface area (Å²) in [7, 11) is 1.81. The predicted molar refractivity (Wildman–Crippen MR) is 181 cm³/mol. The maximum absolute atomic E-state index is 13.9. The molecule has 8 nitrogen and oxygen atoms in total. The number of benzene rings is 3. The molecule has 0 saturated carbocycles. The molecule has 46 heavy (non-hydrogen) atoms. The minimum atomic E-state index is -0.605. The van der Waals surface area contributed by atoms with Crippen molar-refractivity contribution < 1.29 is 19.1 Å². The van der Waals surface area contributed by atoms with Crippen LogP contribution in [0.2, 0.25) is 10.0 Å². The molecule has 1 aromatic heterocycles. The SMILES string of the molecule is CN(C[C@@H](CCN1CCN(C(c2ccsc2)[C@H]2COC(=O)O2)CC1)c1ccc(Cl)c(Cl)c1)C(=O)c1cc(C#N)cc2ccccc12. The summed E-state index contributed by atoms with van der Waals surface area (Å²) >= 11 is 14.4. The molecular weight excluding hydrogens is 643 g/mol. The van der Waals surface area contributed by atoms with Gasteiger partial charge in [-0.2, -0.15) is 16.6 Å². The first-order chi connectivity index (χ1) is 22.3. The Bertz CT molecular complexity index is 1750. The van der Waals surface area contributed by atoms with Crippen molar-refractivity contribution in [1.29, 1.82) is 5.26 Å². The third-order valence-corrected chi connectivity index (χ3v) is 10.4. The van der Waals surface area contributed by atoms with E-state index in [0.29, 0.717) is 27.7 Å². The van der Waals surface area contributed by atoms with Crippen molar-refractivity contribution in [2.75, 3.05) is 52.9 Å². The fourth-order valence-electron chi connectivity index (χ4n) is 6.51. The summed E-state index contributed by atoms with van der Waals surface area (Å²) in [6.07, 6.45) is -0.130. The van der Waals surface area contributed by atoms with Crippen LogP contribution in [0.25, 0.3) is 10.8 Å². The number of nitrogens with zero attached hydrogens (tertiary/aromatic N) is 4. The van der Waals surface area contributed by atoms with Crippen LogP contribution in [0.1, 0.15) is 45.4 Å². The second-order valence-corrected chi connectivity index (χ2v) is 13.4. The highest BCUT2D eigenvalue weighted by Gasteiger charge is 2.38. The summed E-state index contributed by atoms with van der Waals surface area (Å²) in [6, 6.07) is 21.0. The number of hydrogen-bond donors (Lipinski definition) is 0. The maximum Gasteiger partial charge on any atom is 0.508 e. The topological polar surface area (TPSA) is 86.1 Å².